The van der Waals surface area contributed by atoms with Crippen LogP contribution in [0.5, 0.6) is 5.75 Å². The molecule has 0 bridgehead atoms. The van der Waals surface area contributed by atoms with Crippen LogP contribution in [-0.4, -0.2) is 38.3 Å². The molecule has 0 radical (unpaired) electrons. The second kappa shape index (κ2) is 9.65. The normalized spacial score (nSPS) is 12.1. The highest BCUT2D eigenvalue weighted by Gasteiger charge is 2.32. The summed E-state index contributed by atoms with van der Waals surface area (Å²) in [4.78, 5) is 12.3. The third kappa shape index (κ3) is 5.53. The van der Waals surface area contributed by atoms with Crippen molar-refractivity contribution in [2.45, 2.75) is 31.8 Å². The van der Waals surface area contributed by atoms with Gasteiger partial charge in [-0.25, -0.2) is 12.8 Å². The van der Waals surface area contributed by atoms with Gasteiger partial charge in [0.15, 0.2) is 0 Å². The van der Waals surface area contributed by atoms with E-state index in [1.54, 1.807) is 20.8 Å². The van der Waals surface area contributed by atoms with Crippen LogP contribution in [0, 0.1) is 5.82 Å². The van der Waals surface area contributed by atoms with E-state index in [0.717, 1.165) is 34.6 Å². The lowest BCUT2D eigenvalue weighted by Crippen LogP contribution is -2.31. The molecule has 0 unspecified atom stereocenters. The van der Waals surface area contributed by atoms with Gasteiger partial charge >= 0.3 is 6.18 Å². The summed E-state index contributed by atoms with van der Waals surface area (Å²) in [6.07, 6.45) is -4.67. The number of nitrogens with zero attached hydrogens (tertiary/aromatic N) is 1. The van der Waals surface area contributed by atoms with Gasteiger partial charge in [0.2, 0.25) is 10.0 Å². The zero-order valence-corrected chi connectivity index (χ0v) is 17.9. The quantitative estimate of drug-likeness (QED) is 0.585. The second-order valence-corrected chi connectivity index (χ2v) is 8.26. The molecule has 0 atom stereocenters. The SMILES string of the molecule is CCOc1ccc(C(F)(F)F)cc1NC(=O)c1cc(S(=O)(=O)N(CC)CC)ccc1F. The van der Waals surface area contributed by atoms with Crippen LogP contribution < -0.4 is 10.1 Å². The van der Waals surface area contributed by atoms with Crippen molar-refractivity contribution in [3.63, 3.8) is 0 Å². The van der Waals surface area contributed by atoms with E-state index >= 15 is 0 Å². The number of amides is 1. The lowest BCUT2D eigenvalue weighted by molar-refractivity contribution is -0.137. The third-order valence-electron chi connectivity index (χ3n) is 4.38. The number of ether oxygens (including phenoxy) is 1. The van der Waals surface area contributed by atoms with Gasteiger partial charge in [0.1, 0.15) is 11.6 Å². The third-order valence-corrected chi connectivity index (χ3v) is 6.43. The molecule has 0 saturated heterocycles. The average molecular weight is 462 g/mol. The molecule has 2 aromatic carbocycles. The molecule has 2 aromatic rings. The lowest BCUT2D eigenvalue weighted by Gasteiger charge is -2.19. The van der Waals surface area contributed by atoms with E-state index in [1.165, 1.54) is 0 Å². The molecule has 11 heteroatoms. The largest absolute Gasteiger partial charge is 0.492 e. The first-order chi connectivity index (χ1) is 14.4. The van der Waals surface area contributed by atoms with E-state index < -0.39 is 39.1 Å². The van der Waals surface area contributed by atoms with Crippen molar-refractivity contribution in [2.24, 2.45) is 0 Å². The van der Waals surface area contributed by atoms with E-state index in [4.69, 9.17) is 4.74 Å². The Morgan fingerprint density at radius 2 is 1.71 bits per heavy atom. The molecule has 1 amide bonds. The zero-order chi connectivity index (χ0) is 23.4. The number of halogens is 4. The number of sulfonamides is 1. The van der Waals surface area contributed by atoms with Crippen molar-refractivity contribution in [3.05, 3.63) is 53.3 Å². The molecule has 0 fully saturated rings. The lowest BCUT2D eigenvalue weighted by atomic mass is 10.1. The van der Waals surface area contributed by atoms with Crippen LogP contribution in [0.2, 0.25) is 0 Å². The zero-order valence-electron chi connectivity index (χ0n) is 17.1. The highest BCUT2D eigenvalue weighted by atomic mass is 32.2. The summed E-state index contributed by atoms with van der Waals surface area (Å²) in [5.41, 5.74) is -1.99. The number of alkyl halides is 3. The van der Waals surface area contributed by atoms with E-state index in [0.29, 0.717) is 6.07 Å². The van der Waals surface area contributed by atoms with Crippen LogP contribution in [-0.2, 0) is 16.2 Å². The summed E-state index contributed by atoms with van der Waals surface area (Å²) in [6, 6.07) is 5.19. The van der Waals surface area contributed by atoms with Crippen LogP contribution in [0.25, 0.3) is 0 Å². The molecule has 0 aliphatic carbocycles. The number of anilines is 1. The first-order valence-corrected chi connectivity index (χ1v) is 10.8. The summed E-state index contributed by atoms with van der Waals surface area (Å²) < 4.78 is 85.1. The van der Waals surface area contributed by atoms with Crippen molar-refractivity contribution in [1.82, 2.24) is 4.31 Å². The topological polar surface area (TPSA) is 75.7 Å². The highest BCUT2D eigenvalue weighted by Crippen LogP contribution is 2.35. The molecule has 0 aromatic heterocycles. The van der Waals surface area contributed by atoms with Gasteiger partial charge in [-0.3, -0.25) is 4.79 Å². The molecule has 0 aliphatic heterocycles. The van der Waals surface area contributed by atoms with E-state index in [2.05, 4.69) is 5.32 Å². The summed E-state index contributed by atoms with van der Waals surface area (Å²) >= 11 is 0. The predicted octanol–water partition coefficient (Wildman–Crippen LogP) is 4.53. The molecule has 0 spiro atoms. The molecule has 6 nitrogen and oxygen atoms in total. The van der Waals surface area contributed by atoms with Crippen LogP contribution >= 0.6 is 0 Å². The Labute approximate surface area is 177 Å². The number of hydrogen-bond acceptors (Lipinski definition) is 4. The van der Waals surface area contributed by atoms with Gasteiger partial charge in [-0.2, -0.15) is 17.5 Å². The van der Waals surface area contributed by atoms with Crippen molar-refractivity contribution in [1.29, 1.82) is 0 Å². The molecule has 170 valence electrons. The van der Waals surface area contributed by atoms with Gasteiger partial charge in [-0.1, -0.05) is 13.8 Å². The Balaban J connectivity index is 2.47. The number of hydrogen-bond donors (Lipinski definition) is 1. The Morgan fingerprint density at radius 1 is 1.06 bits per heavy atom. The Hall–Kier alpha value is -2.66. The fraction of sp³-hybridized carbons (Fsp3) is 0.350. The van der Waals surface area contributed by atoms with Crippen molar-refractivity contribution in [3.8, 4) is 5.75 Å². The van der Waals surface area contributed by atoms with E-state index in [-0.39, 0.29) is 36.0 Å². The summed E-state index contributed by atoms with van der Waals surface area (Å²) in [5, 5.41) is 2.19. The molecule has 1 N–H and O–H groups in total. The molecule has 2 rings (SSSR count). The molecule has 0 aliphatic rings. The summed E-state index contributed by atoms with van der Waals surface area (Å²) in [5.74, 6) is -2.19. The number of nitrogens with one attached hydrogen (secondary N) is 1. The molecule has 0 heterocycles. The number of carbonyl (C=O) groups excluding carboxylic acids is 1. The second-order valence-electron chi connectivity index (χ2n) is 6.33. The maximum absolute atomic E-state index is 14.3. The van der Waals surface area contributed by atoms with Crippen molar-refractivity contribution >= 4 is 21.6 Å². The van der Waals surface area contributed by atoms with Crippen LogP contribution in [0.4, 0.5) is 23.2 Å². The number of carbonyl (C=O) groups is 1. The van der Waals surface area contributed by atoms with Gasteiger partial charge in [0.05, 0.1) is 28.3 Å². The molecule has 31 heavy (non-hydrogen) atoms. The van der Waals surface area contributed by atoms with Crippen molar-refractivity contribution in [2.75, 3.05) is 25.0 Å². The Kier molecular flexibility index (Phi) is 7.66. The van der Waals surface area contributed by atoms with Gasteiger partial charge in [-0.05, 0) is 43.3 Å². The van der Waals surface area contributed by atoms with Crippen LogP contribution in [0.3, 0.4) is 0 Å². The maximum Gasteiger partial charge on any atom is 0.416 e. The minimum atomic E-state index is -4.67. The van der Waals surface area contributed by atoms with Gasteiger partial charge in [0, 0.05) is 13.1 Å². The first-order valence-electron chi connectivity index (χ1n) is 9.40. The van der Waals surface area contributed by atoms with Crippen LogP contribution in [0.15, 0.2) is 41.3 Å². The predicted molar refractivity (Wildman–Crippen MR) is 107 cm³/mol. The average Bonchev–Trinajstić information content (AvgIpc) is 2.69. The van der Waals surface area contributed by atoms with Gasteiger partial charge in [-0.15, -0.1) is 0 Å². The minimum absolute atomic E-state index is 0.0452. The summed E-state index contributed by atoms with van der Waals surface area (Å²) in [7, 11) is -3.98. The number of benzene rings is 2. The fourth-order valence-electron chi connectivity index (χ4n) is 2.83. The summed E-state index contributed by atoms with van der Waals surface area (Å²) in [6.45, 7) is 5.30. The Bertz CT molecular complexity index is 1050. The first kappa shape index (κ1) is 24.6. The minimum Gasteiger partial charge on any atom is -0.492 e. The monoisotopic (exact) mass is 462 g/mol. The standard InChI is InChI=1S/C20H22F4N2O4S/c1-4-26(5-2)31(28,29)14-8-9-16(21)15(12-14)19(27)25-17-11-13(20(22,23)24)7-10-18(17)30-6-3/h7-12H,4-6H2,1-3H3,(H,25,27). The highest BCUT2D eigenvalue weighted by molar-refractivity contribution is 7.89. The van der Waals surface area contributed by atoms with Crippen molar-refractivity contribution < 1.29 is 35.5 Å². The van der Waals surface area contributed by atoms with Crippen LogP contribution in [0.1, 0.15) is 36.7 Å². The van der Waals surface area contributed by atoms with Gasteiger partial charge in [0.25, 0.3) is 5.91 Å². The van der Waals surface area contributed by atoms with E-state index in [1.807, 2.05) is 0 Å². The number of rotatable bonds is 8. The van der Waals surface area contributed by atoms with Gasteiger partial charge < -0.3 is 10.1 Å². The molecule has 0 saturated carbocycles. The Morgan fingerprint density at radius 3 is 2.26 bits per heavy atom. The molecular weight excluding hydrogens is 440 g/mol. The smallest absolute Gasteiger partial charge is 0.416 e. The maximum atomic E-state index is 14.3. The van der Waals surface area contributed by atoms with E-state index in [9.17, 15) is 30.8 Å². The fourth-order valence-corrected chi connectivity index (χ4v) is 4.31. The molecular formula is C20H22F4N2O4S.